The molecule has 0 saturated carbocycles. The third kappa shape index (κ3) is 3.61. The number of aryl methyl sites for hydroxylation is 2. The molecular weight excluding hydrogens is 314 g/mol. The molecule has 4 heterocycles. The molecule has 1 atom stereocenters. The van der Waals surface area contributed by atoms with Crippen LogP contribution in [0.15, 0.2) is 36.9 Å². The van der Waals surface area contributed by atoms with Crippen LogP contribution in [-0.4, -0.2) is 40.7 Å². The van der Waals surface area contributed by atoms with E-state index >= 15 is 0 Å². The predicted molar refractivity (Wildman–Crippen MR) is 93.6 cm³/mol. The highest BCUT2D eigenvalue weighted by Gasteiger charge is 2.23. The fourth-order valence-corrected chi connectivity index (χ4v) is 3.58. The second kappa shape index (κ2) is 6.76. The molecule has 0 fully saturated rings. The van der Waals surface area contributed by atoms with E-state index in [1.165, 1.54) is 5.56 Å². The minimum atomic E-state index is 0.456. The van der Waals surface area contributed by atoms with Gasteiger partial charge in [-0.05, 0) is 31.5 Å². The topological polar surface area (TPSA) is 64.7 Å². The van der Waals surface area contributed by atoms with Crippen molar-refractivity contribution in [2.45, 2.75) is 40.0 Å². The first-order valence-electron chi connectivity index (χ1n) is 8.66. The zero-order valence-electron chi connectivity index (χ0n) is 14.7. The van der Waals surface area contributed by atoms with Gasteiger partial charge in [-0.25, -0.2) is 14.6 Å². The van der Waals surface area contributed by atoms with Crippen LogP contribution in [0.1, 0.15) is 23.0 Å². The number of rotatable bonds is 4. The largest absolute Gasteiger partial charge is 0.333 e. The van der Waals surface area contributed by atoms with Gasteiger partial charge in [-0.15, -0.1) is 0 Å². The van der Waals surface area contributed by atoms with Gasteiger partial charge in [0.05, 0.1) is 6.54 Å². The quantitative estimate of drug-likeness (QED) is 0.726. The van der Waals surface area contributed by atoms with Crippen LogP contribution in [0.25, 0.3) is 0 Å². The number of hydrogen-bond donors (Lipinski definition) is 0. The summed E-state index contributed by atoms with van der Waals surface area (Å²) < 4.78 is 4.31. The van der Waals surface area contributed by atoms with E-state index in [9.17, 15) is 0 Å². The first-order chi connectivity index (χ1) is 12.2. The van der Waals surface area contributed by atoms with E-state index in [4.69, 9.17) is 0 Å². The van der Waals surface area contributed by atoms with Gasteiger partial charge in [-0.3, -0.25) is 9.88 Å². The summed E-state index contributed by atoms with van der Waals surface area (Å²) in [4.78, 5) is 15.6. The van der Waals surface area contributed by atoms with Crippen molar-refractivity contribution in [3.8, 4) is 0 Å². The number of imidazole rings is 1. The van der Waals surface area contributed by atoms with Crippen molar-refractivity contribution in [2.24, 2.45) is 5.92 Å². The number of fused-ring (bicyclic) bond motifs is 1. The highest BCUT2D eigenvalue weighted by Crippen LogP contribution is 2.19. The molecule has 0 aliphatic carbocycles. The fraction of sp³-hybridized carbons (Fsp3) is 0.444. The van der Waals surface area contributed by atoms with E-state index in [-0.39, 0.29) is 0 Å². The van der Waals surface area contributed by atoms with Crippen LogP contribution in [0, 0.1) is 19.8 Å². The van der Waals surface area contributed by atoms with Crippen molar-refractivity contribution in [1.29, 1.82) is 0 Å². The van der Waals surface area contributed by atoms with Crippen molar-refractivity contribution >= 4 is 0 Å². The highest BCUT2D eigenvalue weighted by molar-refractivity contribution is 5.10. The molecule has 3 aromatic heterocycles. The molecule has 0 amide bonds. The minimum Gasteiger partial charge on any atom is -0.333 e. The molecule has 7 nitrogen and oxygen atoms in total. The summed E-state index contributed by atoms with van der Waals surface area (Å²) in [6, 6.07) is 4.16. The molecule has 1 unspecified atom stereocenters. The van der Waals surface area contributed by atoms with Gasteiger partial charge in [0.1, 0.15) is 17.5 Å². The Morgan fingerprint density at radius 1 is 1.12 bits per heavy atom. The Labute approximate surface area is 147 Å². The van der Waals surface area contributed by atoms with E-state index in [1.807, 2.05) is 37.1 Å². The molecule has 0 radical (unpaired) electrons. The van der Waals surface area contributed by atoms with Gasteiger partial charge in [-0.1, -0.05) is 0 Å². The lowest BCUT2D eigenvalue weighted by Crippen LogP contribution is -2.30. The maximum Gasteiger partial charge on any atom is 0.147 e. The van der Waals surface area contributed by atoms with E-state index < -0.39 is 0 Å². The fourth-order valence-electron chi connectivity index (χ4n) is 3.58. The number of nitrogens with zero attached hydrogens (tertiary/aromatic N) is 7. The second-order valence-corrected chi connectivity index (χ2v) is 6.78. The SMILES string of the molecule is Cc1nc(C)n(CC2CN(Cc3ccncc3)Cc3nccn3C2)n1. The van der Waals surface area contributed by atoms with Crippen molar-refractivity contribution in [3.63, 3.8) is 0 Å². The number of hydrogen-bond acceptors (Lipinski definition) is 5. The van der Waals surface area contributed by atoms with Gasteiger partial charge in [0.2, 0.25) is 0 Å². The van der Waals surface area contributed by atoms with Crippen LogP contribution in [0.2, 0.25) is 0 Å². The van der Waals surface area contributed by atoms with Crippen LogP contribution in [-0.2, 0) is 26.2 Å². The van der Waals surface area contributed by atoms with Gasteiger partial charge in [0, 0.05) is 56.9 Å². The summed E-state index contributed by atoms with van der Waals surface area (Å²) in [7, 11) is 0. The molecule has 7 heteroatoms. The van der Waals surface area contributed by atoms with Crippen molar-refractivity contribution in [1.82, 2.24) is 34.2 Å². The Bertz CT molecular complexity index is 836. The third-order valence-electron chi connectivity index (χ3n) is 4.69. The summed E-state index contributed by atoms with van der Waals surface area (Å²) in [6.07, 6.45) is 7.69. The standard InChI is InChI=1S/C18H23N7/c1-14-21-15(2)25(22-14)12-17-10-23(9-16-3-5-19-6-4-16)13-18-20-7-8-24(18)11-17/h3-8,17H,9-13H2,1-2H3. The highest BCUT2D eigenvalue weighted by atomic mass is 15.3. The molecule has 4 rings (SSSR count). The van der Waals surface area contributed by atoms with Crippen LogP contribution in [0.5, 0.6) is 0 Å². The smallest absolute Gasteiger partial charge is 0.147 e. The molecule has 0 N–H and O–H groups in total. The van der Waals surface area contributed by atoms with Gasteiger partial charge < -0.3 is 4.57 Å². The van der Waals surface area contributed by atoms with Crippen molar-refractivity contribution < 1.29 is 0 Å². The number of pyridine rings is 1. The van der Waals surface area contributed by atoms with Gasteiger partial charge in [0.15, 0.2) is 0 Å². The Morgan fingerprint density at radius 2 is 1.96 bits per heavy atom. The van der Waals surface area contributed by atoms with Crippen LogP contribution < -0.4 is 0 Å². The molecule has 0 bridgehead atoms. The molecular formula is C18H23N7. The van der Waals surface area contributed by atoms with Gasteiger partial charge in [0.25, 0.3) is 0 Å². The van der Waals surface area contributed by atoms with E-state index in [1.54, 1.807) is 0 Å². The number of aromatic nitrogens is 6. The van der Waals surface area contributed by atoms with E-state index in [2.05, 4.69) is 47.8 Å². The Kier molecular flexibility index (Phi) is 4.31. The Hall–Kier alpha value is -2.54. The molecule has 1 aliphatic heterocycles. The van der Waals surface area contributed by atoms with Gasteiger partial charge >= 0.3 is 0 Å². The Balaban J connectivity index is 1.55. The van der Waals surface area contributed by atoms with Crippen molar-refractivity contribution in [2.75, 3.05) is 6.54 Å². The van der Waals surface area contributed by atoms with Crippen LogP contribution in [0.4, 0.5) is 0 Å². The average Bonchev–Trinajstić information content (AvgIpc) is 3.10. The Morgan fingerprint density at radius 3 is 2.72 bits per heavy atom. The third-order valence-corrected chi connectivity index (χ3v) is 4.69. The summed E-state index contributed by atoms with van der Waals surface area (Å²) in [6.45, 7) is 8.57. The molecule has 0 saturated heterocycles. The van der Waals surface area contributed by atoms with Gasteiger partial charge in [-0.2, -0.15) is 5.10 Å². The predicted octanol–water partition coefficient (Wildman–Crippen LogP) is 1.82. The summed E-state index contributed by atoms with van der Waals surface area (Å²) >= 11 is 0. The molecule has 0 aromatic carbocycles. The zero-order chi connectivity index (χ0) is 17.2. The van der Waals surface area contributed by atoms with E-state index in [0.717, 1.165) is 50.2 Å². The summed E-state index contributed by atoms with van der Waals surface area (Å²) in [5.41, 5.74) is 1.28. The normalized spacial score (nSPS) is 18.1. The first-order valence-corrected chi connectivity index (χ1v) is 8.66. The van der Waals surface area contributed by atoms with E-state index in [0.29, 0.717) is 5.92 Å². The summed E-state index contributed by atoms with van der Waals surface area (Å²) in [5.74, 6) is 3.40. The lowest BCUT2D eigenvalue weighted by atomic mass is 10.1. The monoisotopic (exact) mass is 337 g/mol. The lowest BCUT2D eigenvalue weighted by molar-refractivity contribution is 0.204. The van der Waals surface area contributed by atoms with Crippen LogP contribution >= 0.6 is 0 Å². The zero-order valence-corrected chi connectivity index (χ0v) is 14.7. The van der Waals surface area contributed by atoms with Crippen molar-refractivity contribution in [3.05, 3.63) is 60.0 Å². The maximum absolute atomic E-state index is 4.55. The second-order valence-electron chi connectivity index (χ2n) is 6.78. The molecule has 25 heavy (non-hydrogen) atoms. The molecule has 3 aromatic rings. The average molecular weight is 337 g/mol. The molecule has 1 aliphatic rings. The first kappa shape index (κ1) is 16.0. The molecule has 0 spiro atoms. The minimum absolute atomic E-state index is 0.456. The maximum atomic E-state index is 4.55. The molecule has 130 valence electrons. The summed E-state index contributed by atoms with van der Waals surface area (Å²) in [5, 5.41) is 4.54. The van der Waals surface area contributed by atoms with Crippen LogP contribution in [0.3, 0.4) is 0 Å². The lowest BCUT2D eigenvalue weighted by Gasteiger charge is -2.24.